The number of carbonyl (C=O) groups is 3. The van der Waals surface area contributed by atoms with E-state index in [9.17, 15) is 14.4 Å². The summed E-state index contributed by atoms with van der Waals surface area (Å²) in [5.41, 5.74) is 3.03. The van der Waals surface area contributed by atoms with Gasteiger partial charge >= 0.3 is 6.03 Å². The fourth-order valence-electron chi connectivity index (χ4n) is 7.60. The molecule has 0 aliphatic carbocycles. The molecule has 0 aromatic heterocycles. The van der Waals surface area contributed by atoms with Gasteiger partial charge in [-0.25, -0.2) is 4.79 Å². The number of piperazine rings is 1. The van der Waals surface area contributed by atoms with Gasteiger partial charge < -0.3 is 24.9 Å². The highest BCUT2D eigenvalue weighted by Crippen LogP contribution is 2.30. The summed E-state index contributed by atoms with van der Waals surface area (Å²) in [6, 6.07) is 15.1. The van der Waals surface area contributed by atoms with Gasteiger partial charge in [0.2, 0.25) is 11.8 Å². The highest BCUT2D eigenvalue weighted by atomic mass is 79.9. The summed E-state index contributed by atoms with van der Waals surface area (Å²) in [5.74, 6) is -0.290. The minimum absolute atomic E-state index is 0.0303. The average molecular weight is 759 g/mol. The van der Waals surface area contributed by atoms with E-state index in [1.165, 1.54) is 0 Å². The van der Waals surface area contributed by atoms with Crippen molar-refractivity contribution in [2.24, 2.45) is 5.92 Å². The number of likely N-dealkylation sites (tertiary alicyclic amines) is 2. The van der Waals surface area contributed by atoms with Crippen LogP contribution in [-0.2, 0) is 22.6 Å². The molecule has 3 fully saturated rings. The number of para-hydroxylation sites is 1. The topological polar surface area (TPSA) is 79.4 Å². The van der Waals surface area contributed by atoms with Crippen LogP contribution in [0.5, 0.6) is 0 Å². The summed E-state index contributed by atoms with van der Waals surface area (Å²) in [6.45, 7) is 8.80. The Bertz CT molecular complexity index is 1420. The van der Waals surface area contributed by atoms with Crippen molar-refractivity contribution < 1.29 is 14.4 Å². The van der Waals surface area contributed by atoms with Crippen molar-refractivity contribution in [3.63, 3.8) is 0 Å². The first-order valence-corrected chi connectivity index (χ1v) is 18.3. The van der Waals surface area contributed by atoms with Gasteiger partial charge in [0.25, 0.3) is 0 Å². The lowest BCUT2D eigenvalue weighted by molar-refractivity contribution is -0.143. The summed E-state index contributed by atoms with van der Waals surface area (Å²) in [5, 5.41) is 3.02. The molecule has 4 aliphatic rings. The summed E-state index contributed by atoms with van der Waals surface area (Å²) < 4.78 is 1.90. The molecule has 4 heterocycles. The third-order valence-electron chi connectivity index (χ3n) is 10.6. The SMILES string of the molecule is CC1CN(C2CCN(C(=O)C(CC(=O)N3CCC(N4Cc5ccccc5NC4=O)CC3)Cc3ccc(Br)c(Br)c3)CC2)CCN1C. The van der Waals surface area contributed by atoms with Crippen LogP contribution >= 0.6 is 31.9 Å². The molecule has 46 heavy (non-hydrogen) atoms. The number of anilines is 1. The van der Waals surface area contributed by atoms with E-state index in [4.69, 9.17) is 0 Å². The van der Waals surface area contributed by atoms with Gasteiger partial charge in [-0.05, 0) is 107 Å². The largest absolute Gasteiger partial charge is 0.343 e. The molecule has 0 bridgehead atoms. The highest BCUT2D eigenvalue weighted by Gasteiger charge is 2.36. The van der Waals surface area contributed by atoms with Gasteiger partial charge in [0.05, 0.1) is 5.92 Å². The molecule has 6 rings (SSSR count). The number of rotatable bonds is 7. The van der Waals surface area contributed by atoms with Crippen LogP contribution in [0.1, 0.15) is 50.2 Å². The minimum Gasteiger partial charge on any atom is -0.343 e. The van der Waals surface area contributed by atoms with Gasteiger partial charge in [-0.15, -0.1) is 0 Å². The Labute approximate surface area is 289 Å². The Morgan fingerprint density at radius 1 is 0.891 bits per heavy atom. The fraction of sp³-hybridized carbons (Fsp3) is 0.571. The van der Waals surface area contributed by atoms with Gasteiger partial charge in [-0.3, -0.25) is 14.5 Å². The molecule has 0 spiro atoms. The van der Waals surface area contributed by atoms with Gasteiger partial charge in [-0.1, -0.05) is 24.3 Å². The monoisotopic (exact) mass is 756 g/mol. The first kappa shape index (κ1) is 33.4. The Hall–Kier alpha value is -2.47. The second kappa shape index (κ2) is 14.7. The van der Waals surface area contributed by atoms with E-state index in [-0.39, 0.29) is 30.3 Å². The Morgan fingerprint density at radius 3 is 2.30 bits per heavy atom. The van der Waals surface area contributed by atoms with Crippen LogP contribution in [0.15, 0.2) is 51.4 Å². The van der Waals surface area contributed by atoms with Crippen LogP contribution in [0, 0.1) is 5.92 Å². The number of likely N-dealkylation sites (N-methyl/N-ethyl adjacent to an activating group) is 1. The van der Waals surface area contributed by atoms with Crippen LogP contribution in [0.2, 0.25) is 0 Å². The molecule has 1 N–H and O–H groups in total. The molecule has 9 nitrogen and oxygen atoms in total. The normalized spacial score (nSPS) is 22.8. The second-order valence-electron chi connectivity index (χ2n) is 13.6. The molecule has 11 heteroatoms. The minimum atomic E-state index is -0.414. The molecule has 0 radical (unpaired) electrons. The second-order valence-corrected chi connectivity index (χ2v) is 15.3. The maximum absolute atomic E-state index is 14.1. The summed E-state index contributed by atoms with van der Waals surface area (Å²) in [6.07, 6.45) is 4.15. The Kier molecular flexibility index (Phi) is 10.7. The van der Waals surface area contributed by atoms with E-state index < -0.39 is 5.92 Å². The maximum atomic E-state index is 14.1. The number of carbonyl (C=O) groups excluding carboxylic acids is 3. The van der Waals surface area contributed by atoms with Crippen LogP contribution in [-0.4, -0.2) is 113 Å². The smallest absolute Gasteiger partial charge is 0.322 e. The predicted octanol–water partition coefficient (Wildman–Crippen LogP) is 5.43. The number of amides is 4. The number of piperidine rings is 2. The zero-order valence-electron chi connectivity index (χ0n) is 27.0. The maximum Gasteiger partial charge on any atom is 0.322 e. The number of nitrogens with one attached hydrogen (secondary N) is 1. The summed E-state index contributed by atoms with van der Waals surface area (Å²) >= 11 is 7.16. The highest BCUT2D eigenvalue weighted by molar-refractivity contribution is 9.13. The van der Waals surface area contributed by atoms with E-state index in [0.29, 0.717) is 38.1 Å². The number of fused-ring (bicyclic) bond motifs is 1. The third-order valence-corrected chi connectivity index (χ3v) is 12.5. The lowest BCUT2D eigenvalue weighted by Crippen LogP contribution is -2.56. The molecule has 4 amide bonds. The Balaban J connectivity index is 1.07. The van der Waals surface area contributed by atoms with Crippen LogP contribution in [0.4, 0.5) is 10.5 Å². The number of benzene rings is 2. The number of nitrogens with zero attached hydrogens (tertiary/aromatic N) is 5. The molecular formula is C35H46Br2N6O3. The molecule has 2 unspecified atom stereocenters. The van der Waals surface area contributed by atoms with Crippen molar-refractivity contribution in [2.75, 3.05) is 58.2 Å². The van der Waals surface area contributed by atoms with E-state index in [1.54, 1.807) is 0 Å². The van der Waals surface area contributed by atoms with Crippen molar-refractivity contribution in [1.29, 1.82) is 0 Å². The van der Waals surface area contributed by atoms with Crippen molar-refractivity contribution >= 4 is 55.4 Å². The van der Waals surface area contributed by atoms with Gasteiger partial charge in [-0.2, -0.15) is 0 Å². The number of halogens is 2. The quantitative estimate of drug-likeness (QED) is 0.408. The average Bonchev–Trinajstić information content (AvgIpc) is 3.07. The number of hydrogen-bond donors (Lipinski definition) is 1. The Morgan fingerprint density at radius 2 is 1.59 bits per heavy atom. The van der Waals surface area contributed by atoms with E-state index in [0.717, 1.165) is 84.2 Å². The van der Waals surface area contributed by atoms with Gasteiger partial charge in [0, 0.05) is 91.5 Å². The summed E-state index contributed by atoms with van der Waals surface area (Å²) in [7, 11) is 2.20. The first-order valence-electron chi connectivity index (χ1n) is 16.8. The lowest BCUT2D eigenvalue weighted by Gasteiger charge is -2.45. The zero-order chi connectivity index (χ0) is 32.4. The van der Waals surface area contributed by atoms with E-state index in [1.807, 2.05) is 51.1 Å². The van der Waals surface area contributed by atoms with Crippen molar-refractivity contribution in [1.82, 2.24) is 24.5 Å². The lowest BCUT2D eigenvalue weighted by atomic mass is 9.92. The fourth-order valence-corrected chi connectivity index (χ4v) is 8.27. The van der Waals surface area contributed by atoms with Crippen LogP contribution < -0.4 is 5.32 Å². The molecular weight excluding hydrogens is 712 g/mol. The molecule has 2 aromatic carbocycles. The third kappa shape index (κ3) is 7.63. The molecule has 248 valence electrons. The zero-order valence-corrected chi connectivity index (χ0v) is 30.1. The van der Waals surface area contributed by atoms with Gasteiger partial charge in [0.1, 0.15) is 0 Å². The van der Waals surface area contributed by atoms with Crippen LogP contribution in [0.25, 0.3) is 0 Å². The number of hydrogen-bond acceptors (Lipinski definition) is 5. The molecule has 2 aromatic rings. The molecule has 4 aliphatic heterocycles. The van der Waals surface area contributed by atoms with E-state index >= 15 is 0 Å². The first-order chi connectivity index (χ1) is 22.2. The molecule has 3 saturated heterocycles. The van der Waals surface area contributed by atoms with Crippen molar-refractivity contribution in [3.05, 3.63) is 62.5 Å². The van der Waals surface area contributed by atoms with E-state index in [2.05, 4.69) is 67.0 Å². The predicted molar refractivity (Wildman–Crippen MR) is 188 cm³/mol. The van der Waals surface area contributed by atoms with Gasteiger partial charge in [0.15, 0.2) is 0 Å². The standard InChI is InChI=1S/C35H46Br2N6O3/c1-24-22-42(18-17-39(24)2)28-9-15-41(16-10-28)34(45)27(19-25-7-8-30(36)31(37)20-25)21-33(44)40-13-11-29(12-14-40)43-23-26-5-3-4-6-32(26)38-35(43)46/h3-8,20,24,27-29H,9-19,21-23H2,1-2H3,(H,38,46). The molecule has 0 saturated carbocycles. The van der Waals surface area contributed by atoms with Crippen molar-refractivity contribution in [2.45, 2.75) is 70.1 Å². The van der Waals surface area contributed by atoms with Crippen LogP contribution in [0.3, 0.4) is 0 Å². The molecule has 2 atom stereocenters. The van der Waals surface area contributed by atoms with Crippen molar-refractivity contribution in [3.8, 4) is 0 Å². The number of urea groups is 1. The summed E-state index contributed by atoms with van der Waals surface area (Å²) in [4.78, 5) is 51.6.